The molecule has 0 unspecified atom stereocenters. The molecule has 0 aliphatic heterocycles. The Bertz CT molecular complexity index is 656. The minimum absolute atomic E-state index is 0.0532. The van der Waals surface area contributed by atoms with Gasteiger partial charge in [0, 0.05) is 11.8 Å². The maximum atomic E-state index is 13.0. The van der Waals surface area contributed by atoms with Gasteiger partial charge in [-0.1, -0.05) is 6.07 Å². The Kier molecular flexibility index (Phi) is 4.20. The lowest BCUT2D eigenvalue weighted by Crippen LogP contribution is -2.40. The highest BCUT2D eigenvalue weighted by Crippen LogP contribution is 2.08. The van der Waals surface area contributed by atoms with Gasteiger partial charge in [-0.25, -0.2) is 4.39 Å². The van der Waals surface area contributed by atoms with Crippen molar-refractivity contribution in [3.8, 4) is 0 Å². The van der Waals surface area contributed by atoms with E-state index in [2.05, 4.69) is 5.32 Å². The van der Waals surface area contributed by atoms with Crippen LogP contribution in [0.25, 0.3) is 0 Å². The number of rotatable bonds is 4. The maximum Gasteiger partial charge on any atom is 0.290 e. The standard InChI is InChI=1S/C15H13FN2O2/c1-11(19)12-4-3-7-18(9-12)10-15(20)17-14-6-2-5-13(16)8-14/h2-9H,10H2,1H3/p+1. The van der Waals surface area contributed by atoms with E-state index in [1.807, 2.05) is 0 Å². The number of anilines is 1. The Hall–Kier alpha value is -2.56. The molecule has 0 bridgehead atoms. The number of carbonyl (C=O) groups excluding carboxylic acids is 2. The molecule has 102 valence electrons. The summed E-state index contributed by atoms with van der Waals surface area (Å²) in [7, 11) is 0. The molecule has 0 saturated heterocycles. The molecule has 0 fully saturated rings. The first-order chi connectivity index (χ1) is 9.54. The molecule has 0 saturated carbocycles. The Morgan fingerprint density at radius 1 is 1.25 bits per heavy atom. The minimum atomic E-state index is -0.408. The van der Waals surface area contributed by atoms with Gasteiger partial charge in [0.05, 0.1) is 5.56 Å². The van der Waals surface area contributed by atoms with Gasteiger partial charge in [-0.05, 0) is 31.2 Å². The van der Waals surface area contributed by atoms with Gasteiger partial charge in [-0.15, -0.1) is 0 Å². The van der Waals surface area contributed by atoms with Crippen LogP contribution in [-0.4, -0.2) is 11.7 Å². The van der Waals surface area contributed by atoms with E-state index >= 15 is 0 Å². The van der Waals surface area contributed by atoms with Gasteiger partial charge < -0.3 is 5.32 Å². The number of hydrogen-bond donors (Lipinski definition) is 1. The van der Waals surface area contributed by atoms with Gasteiger partial charge in [-0.3, -0.25) is 9.59 Å². The van der Waals surface area contributed by atoms with Crippen LogP contribution < -0.4 is 9.88 Å². The van der Waals surface area contributed by atoms with Gasteiger partial charge in [0.1, 0.15) is 5.82 Å². The van der Waals surface area contributed by atoms with Gasteiger partial charge in [0.15, 0.2) is 18.2 Å². The zero-order valence-corrected chi connectivity index (χ0v) is 11.0. The van der Waals surface area contributed by atoms with Crippen molar-refractivity contribution in [2.24, 2.45) is 0 Å². The Morgan fingerprint density at radius 3 is 2.75 bits per heavy atom. The lowest BCUT2D eigenvalue weighted by molar-refractivity contribution is -0.684. The average molecular weight is 273 g/mol. The fraction of sp³-hybridized carbons (Fsp3) is 0.133. The summed E-state index contributed by atoms with van der Waals surface area (Å²) in [6.45, 7) is 1.52. The molecule has 5 heteroatoms. The number of aromatic nitrogens is 1. The second-order valence-electron chi connectivity index (χ2n) is 4.38. The highest BCUT2D eigenvalue weighted by Gasteiger charge is 2.12. The van der Waals surface area contributed by atoms with E-state index < -0.39 is 5.82 Å². The molecule has 20 heavy (non-hydrogen) atoms. The fourth-order valence-electron chi connectivity index (χ4n) is 1.76. The summed E-state index contributed by atoms with van der Waals surface area (Å²) in [5, 5.41) is 2.60. The van der Waals surface area contributed by atoms with E-state index in [4.69, 9.17) is 0 Å². The van der Waals surface area contributed by atoms with Gasteiger partial charge >= 0.3 is 0 Å². The van der Waals surface area contributed by atoms with Gasteiger partial charge in [0.25, 0.3) is 5.91 Å². The molecular formula is C15H14FN2O2+. The molecule has 0 atom stereocenters. The third-order valence-corrected chi connectivity index (χ3v) is 2.70. The Balaban J connectivity index is 2.04. The summed E-state index contributed by atoms with van der Waals surface area (Å²) in [4.78, 5) is 23.1. The predicted molar refractivity (Wildman–Crippen MR) is 71.7 cm³/mol. The predicted octanol–water partition coefficient (Wildman–Crippen LogP) is 1.95. The quantitative estimate of drug-likeness (QED) is 0.684. The number of ketones is 1. The zero-order valence-electron chi connectivity index (χ0n) is 11.0. The van der Waals surface area contributed by atoms with Crippen LogP contribution in [0.4, 0.5) is 10.1 Å². The number of Topliss-reactive ketones (excluding diaryl/α,β-unsaturated/α-hetero) is 1. The molecule has 0 spiro atoms. The van der Waals surface area contributed by atoms with Crippen molar-refractivity contribution < 1.29 is 18.5 Å². The molecule has 2 aromatic rings. The second kappa shape index (κ2) is 6.06. The van der Waals surface area contributed by atoms with E-state index in [1.54, 1.807) is 35.2 Å². The van der Waals surface area contributed by atoms with Crippen molar-refractivity contribution in [1.29, 1.82) is 0 Å². The highest BCUT2D eigenvalue weighted by atomic mass is 19.1. The van der Waals surface area contributed by atoms with Crippen LogP contribution in [0.15, 0.2) is 48.8 Å². The summed E-state index contributed by atoms with van der Waals surface area (Å²) < 4.78 is 14.6. The average Bonchev–Trinajstić information content (AvgIpc) is 2.38. The van der Waals surface area contributed by atoms with Crippen LogP contribution in [0.5, 0.6) is 0 Å². The zero-order chi connectivity index (χ0) is 14.5. The van der Waals surface area contributed by atoms with E-state index in [1.165, 1.54) is 25.1 Å². The third kappa shape index (κ3) is 3.71. The Labute approximate surface area is 115 Å². The first-order valence-electron chi connectivity index (χ1n) is 6.10. The highest BCUT2D eigenvalue weighted by molar-refractivity contribution is 5.93. The van der Waals surface area contributed by atoms with Crippen molar-refractivity contribution in [2.75, 3.05) is 5.32 Å². The van der Waals surface area contributed by atoms with Gasteiger partial charge in [-0.2, -0.15) is 4.57 Å². The van der Waals surface area contributed by atoms with Crippen molar-refractivity contribution in [3.63, 3.8) is 0 Å². The summed E-state index contributed by atoms with van der Waals surface area (Å²) in [6, 6.07) is 9.07. The van der Waals surface area contributed by atoms with Crippen LogP contribution in [0.3, 0.4) is 0 Å². The first kappa shape index (κ1) is 13.9. The molecular weight excluding hydrogens is 259 g/mol. The molecule has 1 aromatic heterocycles. The molecule has 1 N–H and O–H groups in total. The van der Waals surface area contributed by atoms with Crippen LogP contribution in [0, 0.1) is 5.82 Å². The van der Waals surface area contributed by atoms with Crippen LogP contribution in [-0.2, 0) is 11.3 Å². The summed E-state index contributed by atoms with van der Waals surface area (Å²) in [5.41, 5.74) is 0.935. The largest absolute Gasteiger partial charge is 0.320 e. The minimum Gasteiger partial charge on any atom is -0.320 e. The lowest BCUT2D eigenvalue weighted by atomic mass is 10.2. The summed E-state index contributed by atoms with van der Waals surface area (Å²) in [6.07, 6.45) is 3.30. The number of pyridine rings is 1. The van der Waals surface area contributed by atoms with Crippen LogP contribution >= 0.6 is 0 Å². The number of benzene rings is 1. The fourth-order valence-corrected chi connectivity index (χ4v) is 1.76. The summed E-state index contributed by atoms with van der Waals surface area (Å²) in [5.74, 6) is -0.764. The second-order valence-corrected chi connectivity index (χ2v) is 4.38. The number of nitrogens with zero attached hydrogens (tertiary/aromatic N) is 1. The molecule has 2 rings (SSSR count). The molecule has 0 aliphatic carbocycles. The van der Waals surface area contributed by atoms with Crippen LogP contribution in [0.2, 0.25) is 0 Å². The monoisotopic (exact) mass is 273 g/mol. The van der Waals surface area contributed by atoms with E-state index in [0.29, 0.717) is 11.3 Å². The van der Waals surface area contributed by atoms with E-state index in [9.17, 15) is 14.0 Å². The number of halogens is 1. The topological polar surface area (TPSA) is 50.0 Å². The maximum absolute atomic E-state index is 13.0. The van der Waals surface area contributed by atoms with Crippen molar-refractivity contribution in [2.45, 2.75) is 13.5 Å². The van der Waals surface area contributed by atoms with E-state index in [0.717, 1.165) is 0 Å². The van der Waals surface area contributed by atoms with Crippen molar-refractivity contribution in [1.82, 2.24) is 0 Å². The lowest BCUT2D eigenvalue weighted by Gasteiger charge is -2.03. The SMILES string of the molecule is CC(=O)c1ccc[n+](CC(=O)Nc2cccc(F)c2)c1. The molecule has 1 amide bonds. The Morgan fingerprint density at radius 2 is 2.05 bits per heavy atom. The number of hydrogen-bond acceptors (Lipinski definition) is 2. The number of carbonyl (C=O) groups is 2. The molecule has 1 heterocycles. The summed E-state index contributed by atoms with van der Waals surface area (Å²) >= 11 is 0. The molecule has 0 radical (unpaired) electrons. The smallest absolute Gasteiger partial charge is 0.290 e. The van der Waals surface area contributed by atoms with E-state index in [-0.39, 0.29) is 18.2 Å². The third-order valence-electron chi connectivity index (χ3n) is 2.70. The van der Waals surface area contributed by atoms with Gasteiger partial charge in [0.2, 0.25) is 6.54 Å². The normalized spacial score (nSPS) is 10.1. The number of amides is 1. The first-order valence-corrected chi connectivity index (χ1v) is 6.10. The molecule has 4 nitrogen and oxygen atoms in total. The number of nitrogens with one attached hydrogen (secondary N) is 1. The van der Waals surface area contributed by atoms with Crippen molar-refractivity contribution >= 4 is 17.4 Å². The van der Waals surface area contributed by atoms with Crippen LogP contribution in [0.1, 0.15) is 17.3 Å². The molecule has 1 aromatic carbocycles. The van der Waals surface area contributed by atoms with Crippen molar-refractivity contribution in [3.05, 3.63) is 60.2 Å². The molecule has 0 aliphatic rings.